The molecule has 1 amide bonds. The number of aryl methyl sites for hydroxylation is 1. The minimum absolute atomic E-state index is 0.108. The quantitative estimate of drug-likeness (QED) is 0.522. The van der Waals surface area contributed by atoms with Gasteiger partial charge in [0.05, 0.1) is 28.5 Å². The van der Waals surface area contributed by atoms with Gasteiger partial charge in [0.15, 0.2) is 0 Å². The summed E-state index contributed by atoms with van der Waals surface area (Å²) in [5.74, 6) is -0.506. The molecule has 29 heavy (non-hydrogen) atoms. The van der Waals surface area contributed by atoms with Crippen molar-refractivity contribution >= 4 is 27.3 Å². The van der Waals surface area contributed by atoms with Gasteiger partial charge in [0.1, 0.15) is 6.54 Å². The highest BCUT2D eigenvalue weighted by Gasteiger charge is 2.26. The molecule has 156 valence electrons. The van der Waals surface area contributed by atoms with Gasteiger partial charge in [-0.15, -0.1) is 0 Å². The summed E-state index contributed by atoms with van der Waals surface area (Å²) in [5, 5.41) is 14.0. The van der Waals surface area contributed by atoms with E-state index >= 15 is 0 Å². The Hall–Kier alpha value is -2.94. The van der Waals surface area contributed by atoms with Crippen molar-refractivity contribution in [1.82, 2.24) is 5.32 Å². The Labute approximate surface area is 170 Å². The van der Waals surface area contributed by atoms with Crippen LogP contribution in [0.4, 0.5) is 11.4 Å². The number of benzene rings is 2. The predicted molar refractivity (Wildman–Crippen MR) is 112 cm³/mol. The van der Waals surface area contributed by atoms with E-state index in [1.807, 2.05) is 31.2 Å². The van der Waals surface area contributed by atoms with Crippen LogP contribution in [-0.2, 0) is 21.2 Å². The number of nitro groups is 1. The number of anilines is 1. The van der Waals surface area contributed by atoms with E-state index in [9.17, 15) is 23.3 Å². The molecule has 1 atom stereocenters. The number of hydrogen-bond donors (Lipinski definition) is 1. The van der Waals surface area contributed by atoms with Gasteiger partial charge in [-0.2, -0.15) is 0 Å². The highest BCUT2D eigenvalue weighted by atomic mass is 32.2. The van der Waals surface area contributed by atoms with E-state index in [0.29, 0.717) is 0 Å². The molecule has 0 aromatic heterocycles. The molecule has 9 heteroatoms. The van der Waals surface area contributed by atoms with Crippen molar-refractivity contribution in [3.8, 4) is 0 Å². The average molecular weight is 420 g/mol. The fourth-order valence-corrected chi connectivity index (χ4v) is 3.91. The molecule has 0 aliphatic rings. The molecule has 1 unspecified atom stereocenters. The second kappa shape index (κ2) is 9.04. The van der Waals surface area contributed by atoms with E-state index in [2.05, 4.69) is 12.2 Å². The molecule has 0 saturated carbocycles. The third-order valence-electron chi connectivity index (χ3n) is 4.70. The van der Waals surface area contributed by atoms with Crippen LogP contribution in [0.3, 0.4) is 0 Å². The molecule has 2 aromatic rings. The molecule has 0 spiro atoms. The van der Waals surface area contributed by atoms with Gasteiger partial charge in [-0.05, 0) is 37.5 Å². The molecule has 0 aliphatic carbocycles. The maximum Gasteiger partial charge on any atom is 0.274 e. The van der Waals surface area contributed by atoms with Crippen LogP contribution in [0.15, 0.2) is 42.5 Å². The second-order valence-corrected chi connectivity index (χ2v) is 8.74. The summed E-state index contributed by atoms with van der Waals surface area (Å²) in [6, 6.07) is 11.6. The standard InChI is InChI=1S/C20H25N3O5S/c1-5-16-9-11-17(12-10-16)15(3)21-20(24)13-22(29(4,27)28)18-7-6-8-19(14(18)2)23(25)26/h6-12,15H,5,13H2,1-4H3,(H,21,24). The van der Waals surface area contributed by atoms with Crippen molar-refractivity contribution in [3.63, 3.8) is 0 Å². The van der Waals surface area contributed by atoms with E-state index < -0.39 is 27.4 Å². The number of sulfonamides is 1. The number of hydrogen-bond acceptors (Lipinski definition) is 5. The Balaban J connectivity index is 2.24. The Kier molecular flexibility index (Phi) is 6.97. The van der Waals surface area contributed by atoms with Crippen LogP contribution in [0, 0.1) is 17.0 Å². The minimum Gasteiger partial charge on any atom is -0.348 e. The number of carbonyl (C=O) groups excluding carboxylic acids is 1. The fraction of sp³-hybridized carbons (Fsp3) is 0.350. The zero-order chi connectivity index (χ0) is 21.8. The van der Waals surface area contributed by atoms with Crippen molar-refractivity contribution < 1.29 is 18.1 Å². The number of carbonyl (C=O) groups is 1. The summed E-state index contributed by atoms with van der Waals surface area (Å²) < 4.78 is 25.5. The van der Waals surface area contributed by atoms with Gasteiger partial charge >= 0.3 is 0 Å². The lowest BCUT2D eigenvalue weighted by molar-refractivity contribution is -0.385. The topological polar surface area (TPSA) is 110 Å². The maximum atomic E-state index is 12.6. The number of nitro benzene ring substituents is 1. The van der Waals surface area contributed by atoms with Gasteiger partial charge in [0, 0.05) is 6.07 Å². The normalized spacial score (nSPS) is 12.3. The third kappa shape index (κ3) is 5.54. The first-order chi connectivity index (χ1) is 13.5. The van der Waals surface area contributed by atoms with Crippen LogP contribution in [0.1, 0.15) is 36.6 Å². The molecule has 0 heterocycles. The molecule has 0 saturated heterocycles. The fourth-order valence-electron chi connectivity index (χ4n) is 3.00. The molecule has 1 N–H and O–H groups in total. The van der Waals surface area contributed by atoms with Crippen LogP contribution in [-0.4, -0.2) is 32.0 Å². The first-order valence-corrected chi connectivity index (χ1v) is 11.0. The molecule has 8 nitrogen and oxygen atoms in total. The highest BCUT2D eigenvalue weighted by Crippen LogP contribution is 2.29. The molecule has 0 radical (unpaired) electrons. The maximum absolute atomic E-state index is 12.6. The lowest BCUT2D eigenvalue weighted by atomic mass is 10.1. The van der Waals surface area contributed by atoms with Crippen LogP contribution >= 0.6 is 0 Å². The molecule has 0 fully saturated rings. The number of nitrogens with zero attached hydrogens (tertiary/aromatic N) is 2. The van der Waals surface area contributed by atoms with E-state index in [1.165, 1.54) is 30.7 Å². The summed E-state index contributed by atoms with van der Waals surface area (Å²) in [6.45, 7) is 4.85. The average Bonchev–Trinajstić information content (AvgIpc) is 2.65. The zero-order valence-electron chi connectivity index (χ0n) is 16.9. The molecule has 0 aliphatic heterocycles. The van der Waals surface area contributed by atoms with Crippen LogP contribution in [0.2, 0.25) is 0 Å². The Morgan fingerprint density at radius 1 is 1.21 bits per heavy atom. The SMILES string of the molecule is CCc1ccc(C(C)NC(=O)CN(c2cccc([N+](=O)[O-])c2C)S(C)(=O)=O)cc1. The van der Waals surface area contributed by atoms with E-state index in [1.54, 1.807) is 0 Å². The second-order valence-electron chi connectivity index (χ2n) is 6.83. The van der Waals surface area contributed by atoms with Crippen LogP contribution in [0.25, 0.3) is 0 Å². The highest BCUT2D eigenvalue weighted by molar-refractivity contribution is 7.92. The molecule has 0 bridgehead atoms. The van der Waals surface area contributed by atoms with Crippen molar-refractivity contribution in [2.24, 2.45) is 0 Å². The third-order valence-corrected chi connectivity index (χ3v) is 5.82. The van der Waals surface area contributed by atoms with Gasteiger partial charge in [-0.25, -0.2) is 8.42 Å². The van der Waals surface area contributed by atoms with Crippen molar-refractivity contribution in [3.05, 3.63) is 69.3 Å². The van der Waals surface area contributed by atoms with Gasteiger partial charge in [-0.1, -0.05) is 37.3 Å². The van der Waals surface area contributed by atoms with E-state index in [-0.39, 0.29) is 23.0 Å². The van der Waals surface area contributed by atoms with Gasteiger partial charge in [-0.3, -0.25) is 19.2 Å². The summed E-state index contributed by atoms with van der Waals surface area (Å²) in [7, 11) is -3.84. The summed E-state index contributed by atoms with van der Waals surface area (Å²) in [6.07, 6.45) is 1.87. The van der Waals surface area contributed by atoms with Gasteiger partial charge in [0.25, 0.3) is 5.69 Å². The zero-order valence-corrected chi connectivity index (χ0v) is 17.7. The first-order valence-electron chi connectivity index (χ1n) is 9.14. The summed E-state index contributed by atoms with van der Waals surface area (Å²) in [5.41, 5.74) is 2.15. The number of amides is 1. The molecule has 2 rings (SSSR count). The molecule has 2 aromatic carbocycles. The van der Waals surface area contributed by atoms with E-state index in [0.717, 1.165) is 22.5 Å². The number of nitrogens with one attached hydrogen (secondary N) is 1. The Morgan fingerprint density at radius 3 is 2.34 bits per heavy atom. The number of rotatable bonds is 8. The molecular formula is C20H25N3O5S. The van der Waals surface area contributed by atoms with Gasteiger partial charge < -0.3 is 5.32 Å². The monoisotopic (exact) mass is 419 g/mol. The summed E-state index contributed by atoms with van der Waals surface area (Å²) in [4.78, 5) is 23.2. The van der Waals surface area contributed by atoms with Crippen molar-refractivity contribution in [2.75, 3.05) is 17.1 Å². The Bertz CT molecular complexity index is 1000. The largest absolute Gasteiger partial charge is 0.348 e. The lowest BCUT2D eigenvalue weighted by Crippen LogP contribution is -2.41. The van der Waals surface area contributed by atoms with E-state index in [4.69, 9.17) is 0 Å². The van der Waals surface area contributed by atoms with Crippen LogP contribution < -0.4 is 9.62 Å². The summed E-state index contributed by atoms with van der Waals surface area (Å²) >= 11 is 0. The van der Waals surface area contributed by atoms with Gasteiger partial charge in [0.2, 0.25) is 15.9 Å². The predicted octanol–water partition coefficient (Wildman–Crippen LogP) is 3.11. The minimum atomic E-state index is -3.84. The Morgan fingerprint density at radius 2 is 1.83 bits per heavy atom. The van der Waals surface area contributed by atoms with Crippen molar-refractivity contribution in [1.29, 1.82) is 0 Å². The first kappa shape index (κ1) is 22.4. The van der Waals surface area contributed by atoms with Crippen molar-refractivity contribution in [2.45, 2.75) is 33.2 Å². The lowest BCUT2D eigenvalue weighted by Gasteiger charge is -2.24. The molecular weight excluding hydrogens is 394 g/mol. The van der Waals surface area contributed by atoms with Crippen LogP contribution in [0.5, 0.6) is 0 Å². The smallest absolute Gasteiger partial charge is 0.274 e.